The third kappa shape index (κ3) is 13.1. The summed E-state index contributed by atoms with van der Waals surface area (Å²) in [5.74, 6) is -0.817. The quantitative estimate of drug-likeness (QED) is 0.500. The average molecular weight is 172 g/mol. The number of carboxylic acid groups (broad SMARTS) is 1. The molecule has 0 aromatic rings. The normalized spacial score (nSPS) is 9.40. The molecule has 0 aliphatic rings. The predicted molar refractivity (Wildman–Crippen MR) is 43.4 cm³/mol. The molecule has 0 rings (SSSR count). The molecule has 6 heteroatoms. The van der Waals surface area contributed by atoms with Gasteiger partial charge in [-0.05, 0) is 14.0 Å². The molecule has 0 heterocycles. The van der Waals surface area contributed by atoms with E-state index in [0.29, 0.717) is 0 Å². The first-order valence-electron chi connectivity index (χ1n) is 2.08. The summed E-state index contributed by atoms with van der Waals surface area (Å²) >= 11 is 0. The van der Waals surface area contributed by atoms with E-state index in [2.05, 4.69) is 5.32 Å². The largest absolute Gasteiger partial charge is 0.480 e. The second kappa shape index (κ2) is 14.0. The number of carboxylic acids is 1. The number of nitrogens with one attached hydrogen (secondary N) is 1. The summed E-state index contributed by atoms with van der Waals surface area (Å²) < 4.78 is 0. The van der Waals surface area contributed by atoms with E-state index in [1.807, 2.05) is 0 Å². The Labute approximate surface area is 128 Å². The van der Waals surface area contributed by atoms with Crippen LogP contribution in [0, 0.1) is 0 Å². The minimum Gasteiger partial charge on any atom is -0.480 e. The van der Waals surface area contributed by atoms with Crippen molar-refractivity contribution in [3.05, 3.63) is 0 Å². The van der Waals surface area contributed by atoms with Crippen LogP contribution in [-0.2, 0) is 4.79 Å². The molecule has 10 heavy (non-hydrogen) atoms. The van der Waals surface area contributed by atoms with Crippen LogP contribution in [0.5, 0.6) is 0 Å². The smallest absolute Gasteiger partial charge is 0.320 e. The van der Waals surface area contributed by atoms with Gasteiger partial charge in [0, 0.05) is 88.7 Å². The fraction of sp³-hybridized carbons (Fsp3) is 0.750. The van der Waals surface area contributed by atoms with E-state index in [1.165, 1.54) is 0 Å². The number of aliphatic carboxylic acids is 1. The van der Waals surface area contributed by atoms with Gasteiger partial charge in [-0.15, -0.1) is 0 Å². The van der Waals surface area contributed by atoms with Crippen LogP contribution in [-0.4, -0.2) is 113 Å². The van der Waals surface area contributed by atoms with Gasteiger partial charge in [0.25, 0.3) is 0 Å². The Kier molecular flexibility index (Phi) is 32.0. The van der Waals surface area contributed by atoms with Crippen LogP contribution in [0.4, 0.5) is 0 Å². The number of carbonyl (C=O) groups is 1. The summed E-state index contributed by atoms with van der Waals surface area (Å²) in [5.41, 5.74) is 0. The molecule has 0 bridgehead atoms. The van der Waals surface area contributed by atoms with Crippen LogP contribution < -0.4 is 5.32 Å². The molecular weight excluding hydrogens is 163 g/mol. The van der Waals surface area contributed by atoms with E-state index >= 15 is 0 Å². The van der Waals surface area contributed by atoms with Gasteiger partial charge >= 0.3 is 5.97 Å². The van der Waals surface area contributed by atoms with Crippen molar-refractivity contribution in [3.8, 4) is 0 Å². The van der Waals surface area contributed by atoms with Gasteiger partial charge < -0.3 is 10.4 Å². The number of hydrogen-bond donors (Lipinski definition) is 2. The zero-order valence-electron chi connectivity index (χ0n) is 7.43. The minimum atomic E-state index is -0.817. The molecule has 0 aromatic heterocycles. The van der Waals surface area contributed by atoms with Gasteiger partial charge in [-0.2, -0.15) is 0 Å². The molecule has 2 N–H and O–H groups in total. The summed E-state index contributed by atoms with van der Waals surface area (Å²) in [6, 6.07) is -0.431. The molecule has 1 atom stereocenters. The van der Waals surface area contributed by atoms with Crippen molar-refractivity contribution in [1.29, 1.82) is 0 Å². The van der Waals surface area contributed by atoms with E-state index in [0.717, 1.165) is 0 Å². The van der Waals surface area contributed by atoms with E-state index in [9.17, 15) is 4.79 Å². The molecule has 3 radical (unpaired) electrons. The van der Waals surface area contributed by atoms with Crippen LogP contribution >= 0.6 is 0 Å². The van der Waals surface area contributed by atoms with Gasteiger partial charge in [-0.3, -0.25) is 4.79 Å². The standard InChI is InChI=1S/C4H9NO2.3Na/c1-3(5-2)4(6)7;;;/h3,5H,1-2H3,(H,6,7);;;/t3-;;;/m0.../s1. The minimum absolute atomic E-state index is 0. The van der Waals surface area contributed by atoms with E-state index in [-0.39, 0.29) is 88.7 Å². The van der Waals surface area contributed by atoms with Crippen molar-refractivity contribution in [2.45, 2.75) is 13.0 Å². The summed E-state index contributed by atoms with van der Waals surface area (Å²) in [4.78, 5) is 9.87. The first-order chi connectivity index (χ1) is 3.18. The van der Waals surface area contributed by atoms with Crippen molar-refractivity contribution in [3.63, 3.8) is 0 Å². The monoisotopic (exact) mass is 172 g/mol. The molecule has 0 amide bonds. The van der Waals surface area contributed by atoms with E-state index in [1.54, 1.807) is 14.0 Å². The van der Waals surface area contributed by atoms with E-state index < -0.39 is 12.0 Å². The van der Waals surface area contributed by atoms with Gasteiger partial charge in [0.1, 0.15) is 6.04 Å². The predicted octanol–water partition coefficient (Wildman–Crippen LogP) is -1.46. The summed E-state index contributed by atoms with van der Waals surface area (Å²) in [6.07, 6.45) is 0. The van der Waals surface area contributed by atoms with Crippen molar-refractivity contribution in [2.24, 2.45) is 0 Å². The Balaban J connectivity index is -0.0000000600. The molecule has 0 saturated carbocycles. The van der Waals surface area contributed by atoms with E-state index in [4.69, 9.17) is 5.11 Å². The van der Waals surface area contributed by atoms with Crippen LogP contribution in [0.2, 0.25) is 0 Å². The van der Waals surface area contributed by atoms with Gasteiger partial charge in [-0.25, -0.2) is 0 Å². The molecule has 45 valence electrons. The maximum absolute atomic E-state index is 9.87. The fourth-order valence-electron chi connectivity index (χ4n) is 0.123. The van der Waals surface area contributed by atoms with Crippen LogP contribution in [0.3, 0.4) is 0 Å². The van der Waals surface area contributed by atoms with Crippen LogP contribution in [0.1, 0.15) is 6.92 Å². The molecule has 0 saturated heterocycles. The van der Waals surface area contributed by atoms with Gasteiger partial charge in [-0.1, -0.05) is 0 Å². The van der Waals surface area contributed by atoms with Crippen molar-refractivity contribution in [2.75, 3.05) is 7.05 Å². The van der Waals surface area contributed by atoms with Gasteiger partial charge in [0.15, 0.2) is 0 Å². The third-order valence-corrected chi connectivity index (χ3v) is 0.803. The molecule has 0 fully saturated rings. The Morgan fingerprint density at radius 2 is 1.70 bits per heavy atom. The number of rotatable bonds is 2. The van der Waals surface area contributed by atoms with Crippen molar-refractivity contribution in [1.82, 2.24) is 5.32 Å². The molecular formula is C4H9NNa3O2. The molecule has 0 aliphatic carbocycles. The molecule has 0 unspecified atom stereocenters. The first kappa shape index (κ1) is 22.9. The van der Waals surface area contributed by atoms with Crippen LogP contribution in [0.25, 0.3) is 0 Å². The number of likely N-dealkylation sites (N-methyl/N-ethyl adjacent to an activating group) is 1. The third-order valence-electron chi connectivity index (χ3n) is 0.803. The van der Waals surface area contributed by atoms with Crippen molar-refractivity contribution < 1.29 is 9.90 Å². The van der Waals surface area contributed by atoms with Crippen LogP contribution in [0.15, 0.2) is 0 Å². The summed E-state index contributed by atoms with van der Waals surface area (Å²) in [6.45, 7) is 1.59. The molecule has 0 spiro atoms. The SMILES string of the molecule is CN[C@@H](C)C(=O)O.[Na].[Na].[Na]. The molecule has 3 nitrogen and oxygen atoms in total. The second-order valence-electron chi connectivity index (χ2n) is 1.35. The zero-order valence-corrected chi connectivity index (χ0v) is 13.4. The number of hydrogen-bond acceptors (Lipinski definition) is 2. The average Bonchev–Trinajstić information content (AvgIpc) is 1.65. The van der Waals surface area contributed by atoms with Gasteiger partial charge in [0.2, 0.25) is 0 Å². The summed E-state index contributed by atoms with van der Waals surface area (Å²) in [5, 5.41) is 10.7. The van der Waals surface area contributed by atoms with Crippen molar-refractivity contribution >= 4 is 94.6 Å². The topological polar surface area (TPSA) is 49.3 Å². The Bertz CT molecular complexity index is 80.9. The molecule has 0 aliphatic heterocycles. The fourth-order valence-corrected chi connectivity index (χ4v) is 0.123. The maximum Gasteiger partial charge on any atom is 0.320 e. The Hall–Kier alpha value is 2.43. The second-order valence-corrected chi connectivity index (χ2v) is 1.35. The molecule has 0 aromatic carbocycles. The maximum atomic E-state index is 9.87. The zero-order chi connectivity index (χ0) is 5.86. The Morgan fingerprint density at radius 3 is 1.70 bits per heavy atom. The van der Waals surface area contributed by atoms with Gasteiger partial charge in [0.05, 0.1) is 0 Å². The Morgan fingerprint density at radius 1 is 1.40 bits per heavy atom. The first-order valence-corrected chi connectivity index (χ1v) is 2.08. The summed E-state index contributed by atoms with van der Waals surface area (Å²) in [7, 11) is 1.61.